The quantitative estimate of drug-likeness (QED) is 0.720. The average molecular weight is 374 g/mol. The molecule has 5 nitrogen and oxygen atoms in total. The van der Waals surface area contributed by atoms with Crippen LogP contribution in [0, 0.1) is 5.82 Å². The van der Waals surface area contributed by atoms with Gasteiger partial charge in [-0.15, -0.1) is 0 Å². The fourth-order valence-corrected chi connectivity index (χ4v) is 3.55. The minimum Gasteiger partial charge on any atom is -0.497 e. The lowest BCUT2D eigenvalue weighted by molar-refractivity contribution is -0.856. The van der Waals surface area contributed by atoms with E-state index in [1.54, 1.807) is 24.1 Å². The number of amides is 1. The first-order valence-corrected chi connectivity index (χ1v) is 9.10. The van der Waals surface area contributed by atoms with E-state index in [2.05, 4.69) is 4.98 Å². The number of thiazole rings is 1. The Hall–Kier alpha value is -2.51. The van der Waals surface area contributed by atoms with Crippen molar-refractivity contribution in [3.63, 3.8) is 0 Å². The van der Waals surface area contributed by atoms with Crippen molar-refractivity contribution >= 4 is 32.6 Å². The first kappa shape index (κ1) is 18.3. The minimum atomic E-state index is -0.428. The summed E-state index contributed by atoms with van der Waals surface area (Å²) in [5.74, 6) is 0.0632. The van der Waals surface area contributed by atoms with Gasteiger partial charge in [-0.2, -0.15) is 0 Å². The van der Waals surface area contributed by atoms with E-state index in [0.29, 0.717) is 17.2 Å². The average Bonchev–Trinajstić information content (AvgIpc) is 3.04. The maximum atomic E-state index is 13.6. The second kappa shape index (κ2) is 7.80. The molecule has 0 aliphatic carbocycles. The van der Waals surface area contributed by atoms with Crippen molar-refractivity contribution in [3.8, 4) is 5.75 Å². The minimum absolute atomic E-state index is 0.253. The number of nitrogens with zero attached hydrogens (tertiary/aromatic N) is 2. The van der Waals surface area contributed by atoms with Gasteiger partial charge in [0.2, 0.25) is 0 Å². The van der Waals surface area contributed by atoms with E-state index >= 15 is 0 Å². The molecule has 0 saturated carbocycles. The fraction of sp³-hybridized carbons (Fsp3) is 0.263. The number of carbonyl (C=O) groups is 1. The number of ether oxygens (including phenoxy) is 1. The van der Waals surface area contributed by atoms with Crippen LogP contribution < -0.4 is 14.5 Å². The molecule has 7 heteroatoms. The highest BCUT2D eigenvalue weighted by Gasteiger charge is 2.22. The summed E-state index contributed by atoms with van der Waals surface area (Å²) in [6.45, 7) is 1.24. The second-order valence-electron chi connectivity index (χ2n) is 6.25. The second-order valence-corrected chi connectivity index (χ2v) is 7.26. The van der Waals surface area contributed by atoms with Gasteiger partial charge in [-0.05, 0) is 36.4 Å². The van der Waals surface area contributed by atoms with Gasteiger partial charge in [-0.1, -0.05) is 17.4 Å². The molecule has 1 heterocycles. The number of benzene rings is 2. The molecule has 0 fully saturated rings. The van der Waals surface area contributed by atoms with Crippen LogP contribution in [-0.4, -0.2) is 45.2 Å². The Morgan fingerprint density at radius 3 is 2.77 bits per heavy atom. The molecular weight excluding hydrogens is 353 g/mol. The molecule has 0 spiro atoms. The van der Waals surface area contributed by atoms with E-state index < -0.39 is 5.82 Å². The lowest BCUT2D eigenvalue weighted by Crippen LogP contribution is -3.06. The van der Waals surface area contributed by atoms with E-state index in [0.717, 1.165) is 22.5 Å². The number of rotatable bonds is 6. The topological polar surface area (TPSA) is 46.9 Å². The van der Waals surface area contributed by atoms with Crippen LogP contribution in [0.2, 0.25) is 0 Å². The molecule has 0 bridgehead atoms. The number of fused-ring (bicyclic) bond motifs is 1. The van der Waals surface area contributed by atoms with Crippen molar-refractivity contribution in [1.82, 2.24) is 4.98 Å². The van der Waals surface area contributed by atoms with Crippen molar-refractivity contribution in [2.45, 2.75) is 0 Å². The van der Waals surface area contributed by atoms with Gasteiger partial charge in [0.25, 0.3) is 5.91 Å². The smallest absolute Gasteiger partial charge is 0.260 e. The molecule has 136 valence electrons. The van der Waals surface area contributed by atoms with Crippen molar-refractivity contribution in [3.05, 3.63) is 53.8 Å². The Morgan fingerprint density at radius 1 is 1.27 bits per heavy atom. The first-order chi connectivity index (χ1) is 12.5. The van der Waals surface area contributed by atoms with Gasteiger partial charge in [-0.3, -0.25) is 9.69 Å². The number of aromatic nitrogens is 1. The predicted octanol–water partition coefficient (Wildman–Crippen LogP) is 2.24. The maximum absolute atomic E-state index is 13.6. The van der Waals surface area contributed by atoms with Crippen molar-refractivity contribution < 1.29 is 18.8 Å². The molecule has 1 amide bonds. The molecule has 3 aromatic rings. The zero-order valence-corrected chi connectivity index (χ0v) is 15.8. The highest BCUT2D eigenvalue weighted by molar-refractivity contribution is 7.22. The Bertz CT molecular complexity index is 926. The van der Waals surface area contributed by atoms with E-state index in [1.807, 2.05) is 32.3 Å². The monoisotopic (exact) mass is 374 g/mol. The summed E-state index contributed by atoms with van der Waals surface area (Å²) in [4.78, 5) is 20.4. The number of anilines is 1. The lowest BCUT2D eigenvalue weighted by Gasteiger charge is -2.20. The van der Waals surface area contributed by atoms with Gasteiger partial charge in [0, 0.05) is 5.56 Å². The van der Waals surface area contributed by atoms with Crippen molar-refractivity contribution in [2.24, 2.45) is 0 Å². The van der Waals surface area contributed by atoms with Crippen LogP contribution in [0.4, 0.5) is 9.52 Å². The summed E-state index contributed by atoms with van der Waals surface area (Å²) in [5.41, 5.74) is 1.12. The van der Waals surface area contributed by atoms with Crippen LogP contribution in [0.1, 0.15) is 10.4 Å². The fourth-order valence-electron chi connectivity index (χ4n) is 2.53. The summed E-state index contributed by atoms with van der Waals surface area (Å²) in [6.07, 6.45) is 0. The van der Waals surface area contributed by atoms with Gasteiger partial charge < -0.3 is 9.64 Å². The molecule has 26 heavy (non-hydrogen) atoms. The normalized spacial score (nSPS) is 11.1. The van der Waals surface area contributed by atoms with Gasteiger partial charge >= 0.3 is 0 Å². The first-order valence-electron chi connectivity index (χ1n) is 8.29. The third-order valence-corrected chi connectivity index (χ3v) is 5.01. The number of nitrogens with one attached hydrogen (secondary N) is 1. The Balaban J connectivity index is 1.98. The van der Waals surface area contributed by atoms with Crippen molar-refractivity contribution in [2.75, 3.05) is 39.2 Å². The van der Waals surface area contributed by atoms with Crippen LogP contribution in [0.3, 0.4) is 0 Å². The third kappa shape index (κ3) is 4.00. The largest absolute Gasteiger partial charge is 0.497 e. The van der Waals surface area contributed by atoms with Crippen LogP contribution in [0.15, 0.2) is 42.5 Å². The Morgan fingerprint density at radius 2 is 2.08 bits per heavy atom. The summed E-state index contributed by atoms with van der Waals surface area (Å²) in [6, 6.07) is 11.4. The highest BCUT2D eigenvalue weighted by atomic mass is 32.1. The molecule has 1 aromatic heterocycles. The van der Waals surface area contributed by atoms with E-state index in [9.17, 15) is 9.18 Å². The van der Waals surface area contributed by atoms with E-state index in [1.165, 1.54) is 28.4 Å². The summed E-state index contributed by atoms with van der Waals surface area (Å²) in [5, 5.41) is 0.601. The van der Waals surface area contributed by atoms with Gasteiger partial charge in [-0.25, -0.2) is 9.37 Å². The summed E-state index contributed by atoms with van der Waals surface area (Å²) >= 11 is 1.42. The number of carbonyl (C=O) groups excluding carboxylic acids is 1. The Kier molecular flexibility index (Phi) is 5.49. The van der Waals surface area contributed by atoms with Gasteiger partial charge in [0.05, 0.1) is 44.5 Å². The molecular formula is C19H21FN3O2S+. The molecule has 2 aromatic carbocycles. The molecule has 1 N–H and O–H groups in total. The zero-order valence-electron chi connectivity index (χ0n) is 15.0. The third-order valence-electron chi connectivity index (χ3n) is 3.97. The molecule has 0 aliphatic heterocycles. The van der Waals surface area contributed by atoms with E-state index in [4.69, 9.17) is 4.74 Å². The SMILES string of the molecule is COc1ccc2nc(N(CC[NH+](C)C)C(=O)c3cccc(F)c3)sc2c1. The summed E-state index contributed by atoms with van der Waals surface area (Å²) < 4.78 is 19.7. The zero-order chi connectivity index (χ0) is 18.7. The molecule has 0 unspecified atom stereocenters. The van der Waals surface area contributed by atoms with Crippen LogP contribution in [-0.2, 0) is 0 Å². The van der Waals surface area contributed by atoms with Crippen LogP contribution >= 0.6 is 11.3 Å². The number of hydrogen-bond acceptors (Lipinski definition) is 4. The predicted molar refractivity (Wildman–Crippen MR) is 102 cm³/mol. The Labute approximate surface area is 155 Å². The molecule has 0 atom stereocenters. The standard InChI is InChI=1S/C19H20FN3O2S/c1-22(2)9-10-23(18(24)13-5-4-6-14(20)11-13)19-21-16-8-7-15(25-3)12-17(16)26-19/h4-8,11-12H,9-10H2,1-3H3/p+1. The summed E-state index contributed by atoms with van der Waals surface area (Å²) in [7, 11) is 5.66. The van der Waals surface area contributed by atoms with E-state index in [-0.39, 0.29) is 5.91 Å². The van der Waals surface area contributed by atoms with Crippen LogP contribution in [0.25, 0.3) is 10.2 Å². The molecule has 0 radical (unpaired) electrons. The number of halogens is 1. The number of likely N-dealkylation sites (N-methyl/N-ethyl adjacent to an activating group) is 1. The van der Waals surface area contributed by atoms with Crippen LogP contribution in [0.5, 0.6) is 5.75 Å². The van der Waals surface area contributed by atoms with Crippen molar-refractivity contribution in [1.29, 1.82) is 0 Å². The highest BCUT2D eigenvalue weighted by Crippen LogP contribution is 2.32. The van der Waals surface area contributed by atoms with Gasteiger partial charge in [0.1, 0.15) is 11.6 Å². The number of methoxy groups -OCH3 is 1. The molecule has 0 saturated heterocycles. The molecule has 0 aliphatic rings. The van der Waals surface area contributed by atoms with Gasteiger partial charge in [0.15, 0.2) is 5.13 Å². The lowest BCUT2D eigenvalue weighted by atomic mass is 10.2. The number of quaternary nitrogens is 1. The number of hydrogen-bond donors (Lipinski definition) is 1. The molecule has 3 rings (SSSR count). The maximum Gasteiger partial charge on any atom is 0.260 e.